The lowest BCUT2D eigenvalue weighted by Crippen LogP contribution is -2.42. The number of hydrogen-bond donors (Lipinski definition) is 0. The zero-order valence-electron chi connectivity index (χ0n) is 7.40. The van der Waals surface area contributed by atoms with E-state index in [1.807, 2.05) is 0 Å². The van der Waals surface area contributed by atoms with Crippen LogP contribution in [0.5, 0.6) is 0 Å². The van der Waals surface area contributed by atoms with Crippen molar-refractivity contribution in [3.63, 3.8) is 0 Å². The molecule has 0 atom stereocenters. The minimum atomic E-state index is 0.712. The normalized spacial score (nSPS) is 30.5. The highest BCUT2D eigenvalue weighted by Gasteiger charge is 2.40. The standard InChI is InChI=1S/C10H17N/c1-9-7-10(8-9)3-5-11(2)6-4-10/h1,3-8H2,2H3. The van der Waals surface area contributed by atoms with Gasteiger partial charge in [-0.25, -0.2) is 0 Å². The van der Waals surface area contributed by atoms with Gasteiger partial charge in [-0.1, -0.05) is 12.2 Å². The highest BCUT2D eigenvalue weighted by molar-refractivity contribution is 5.15. The summed E-state index contributed by atoms with van der Waals surface area (Å²) in [5.41, 5.74) is 2.19. The third-order valence-electron chi connectivity index (χ3n) is 3.30. The number of hydrogen-bond acceptors (Lipinski definition) is 1. The topological polar surface area (TPSA) is 3.24 Å². The predicted octanol–water partition coefficient (Wildman–Crippen LogP) is 2.05. The maximum Gasteiger partial charge on any atom is -0.00163 e. The molecular formula is C10H17N. The van der Waals surface area contributed by atoms with E-state index >= 15 is 0 Å². The van der Waals surface area contributed by atoms with Crippen molar-refractivity contribution in [3.05, 3.63) is 12.2 Å². The molecule has 0 unspecified atom stereocenters. The summed E-state index contributed by atoms with van der Waals surface area (Å²) in [6, 6.07) is 0. The lowest BCUT2D eigenvalue weighted by Gasteiger charge is -2.48. The van der Waals surface area contributed by atoms with Crippen molar-refractivity contribution >= 4 is 0 Å². The number of rotatable bonds is 0. The molecule has 1 nitrogen and oxygen atoms in total. The Morgan fingerprint density at radius 3 is 2.27 bits per heavy atom. The number of piperidine rings is 1. The van der Waals surface area contributed by atoms with Crippen molar-refractivity contribution in [2.24, 2.45) is 5.41 Å². The molecule has 0 aromatic carbocycles. The number of nitrogens with zero attached hydrogens (tertiary/aromatic N) is 1. The van der Waals surface area contributed by atoms with E-state index in [9.17, 15) is 0 Å². The third-order valence-corrected chi connectivity index (χ3v) is 3.30. The van der Waals surface area contributed by atoms with Crippen molar-refractivity contribution in [1.29, 1.82) is 0 Å². The lowest BCUT2D eigenvalue weighted by molar-refractivity contribution is 0.0837. The van der Waals surface area contributed by atoms with Gasteiger partial charge in [0.25, 0.3) is 0 Å². The van der Waals surface area contributed by atoms with Crippen LogP contribution in [0, 0.1) is 5.41 Å². The zero-order valence-corrected chi connectivity index (χ0v) is 7.40. The molecule has 1 spiro atoms. The van der Waals surface area contributed by atoms with E-state index in [1.54, 1.807) is 0 Å². The van der Waals surface area contributed by atoms with E-state index in [2.05, 4.69) is 18.5 Å². The van der Waals surface area contributed by atoms with Gasteiger partial charge in [-0.3, -0.25) is 0 Å². The average molecular weight is 151 g/mol. The zero-order chi connectivity index (χ0) is 7.90. The van der Waals surface area contributed by atoms with Crippen LogP contribution in [0.4, 0.5) is 0 Å². The maximum atomic E-state index is 4.02. The molecule has 1 aliphatic carbocycles. The van der Waals surface area contributed by atoms with Crippen molar-refractivity contribution in [2.75, 3.05) is 20.1 Å². The second kappa shape index (κ2) is 2.34. The summed E-state index contributed by atoms with van der Waals surface area (Å²) in [7, 11) is 2.22. The van der Waals surface area contributed by atoms with E-state index in [0.29, 0.717) is 5.41 Å². The van der Waals surface area contributed by atoms with E-state index in [4.69, 9.17) is 0 Å². The first-order valence-electron chi connectivity index (χ1n) is 4.55. The van der Waals surface area contributed by atoms with Crippen molar-refractivity contribution in [2.45, 2.75) is 25.7 Å². The van der Waals surface area contributed by atoms with Gasteiger partial charge in [0.2, 0.25) is 0 Å². The Morgan fingerprint density at radius 1 is 1.27 bits per heavy atom. The second-order valence-corrected chi connectivity index (χ2v) is 4.41. The predicted molar refractivity (Wildman–Crippen MR) is 47.5 cm³/mol. The van der Waals surface area contributed by atoms with Crippen molar-refractivity contribution in [1.82, 2.24) is 4.90 Å². The quantitative estimate of drug-likeness (QED) is 0.479. The first-order chi connectivity index (χ1) is 5.20. The Kier molecular flexibility index (Phi) is 1.57. The summed E-state index contributed by atoms with van der Waals surface area (Å²) in [6.07, 6.45) is 5.45. The summed E-state index contributed by atoms with van der Waals surface area (Å²) in [6.45, 7) is 6.61. The van der Waals surface area contributed by atoms with Gasteiger partial charge in [0.05, 0.1) is 0 Å². The molecule has 0 amide bonds. The molecule has 1 heterocycles. The Morgan fingerprint density at radius 2 is 1.82 bits per heavy atom. The van der Waals surface area contributed by atoms with Gasteiger partial charge >= 0.3 is 0 Å². The second-order valence-electron chi connectivity index (χ2n) is 4.41. The molecule has 2 fully saturated rings. The Hall–Kier alpha value is -0.300. The molecule has 62 valence electrons. The van der Waals surface area contributed by atoms with Crippen LogP contribution in [0.3, 0.4) is 0 Å². The Bertz CT molecular complexity index is 165. The molecule has 0 radical (unpaired) electrons. The molecule has 1 heteroatoms. The molecule has 11 heavy (non-hydrogen) atoms. The SMILES string of the molecule is C=C1CC2(CCN(C)CC2)C1. The summed E-state index contributed by atoms with van der Waals surface area (Å²) in [5.74, 6) is 0. The van der Waals surface area contributed by atoms with Gasteiger partial charge in [-0.05, 0) is 51.2 Å². The van der Waals surface area contributed by atoms with E-state index < -0.39 is 0 Å². The number of allylic oxidation sites excluding steroid dienone is 1. The van der Waals surface area contributed by atoms with Crippen LogP contribution in [0.1, 0.15) is 25.7 Å². The minimum Gasteiger partial charge on any atom is -0.306 e. The van der Waals surface area contributed by atoms with Gasteiger partial charge in [0.1, 0.15) is 0 Å². The minimum absolute atomic E-state index is 0.712. The molecular weight excluding hydrogens is 134 g/mol. The molecule has 0 aromatic heterocycles. The largest absolute Gasteiger partial charge is 0.306 e. The van der Waals surface area contributed by atoms with Crippen molar-refractivity contribution in [3.8, 4) is 0 Å². The van der Waals surface area contributed by atoms with E-state index in [0.717, 1.165) is 0 Å². The molecule has 1 aliphatic heterocycles. The molecule has 2 rings (SSSR count). The van der Waals surface area contributed by atoms with Crippen LogP contribution in [0.15, 0.2) is 12.2 Å². The van der Waals surface area contributed by atoms with Gasteiger partial charge < -0.3 is 4.90 Å². The summed E-state index contributed by atoms with van der Waals surface area (Å²) < 4.78 is 0. The number of likely N-dealkylation sites (tertiary alicyclic amines) is 1. The monoisotopic (exact) mass is 151 g/mol. The summed E-state index contributed by atoms with van der Waals surface area (Å²) in [4.78, 5) is 2.44. The lowest BCUT2D eigenvalue weighted by atomic mass is 9.61. The molecule has 0 aromatic rings. The molecule has 1 saturated carbocycles. The highest BCUT2D eigenvalue weighted by atomic mass is 15.1. The Labute approximate surface area is 69.1 Å². The van der Waals surface area contributed by atoms with Gasteiger partial charge in [0.15, 0.2) is 0 Å². The molecule has 0 N–H and O–H groups in total. The Balaban J connectivity index is 1.92. The van der Waals surface area contributed by atoms with Crippen LogP contribution in [0.2, 0.25) is 0 Å². The third kappa shape index (κ3) is 1.22. The van der Waals surface area contributed by atoms with E-state index in [-0.39, 0.29) is 0 Å². The fraction of sp³-hybridized carbons (Fsp3) is 0.800. The first-order valence-corrected chi connectivity index (χ1v) is 4.55. The summed E-state index contributed by atoms with van der Waals surface area (Å²) >= 11 is 0. The van der Waals surface area contributed by atoms with Crippen LogP contribution in [-0.2, 0) is 0 Å². The van der Waals surface area contributed by atoms with Crippen LogP contribution >= 0.6 is 0 Å². The van der Waals surface area contributed by atoms with E-state index in [1.165, 1.54) is 44.3 Å². The maximum absolute atomic E-state index is 4.02. The highest BCUT2D eigenvalue weighted by Crippen LogP contribution is 2.51. The van der Waals surface area contributed by atoms with Crippen LogP contribution < -0.4 is 0 Å². The summed E-state index contributed by atoms with van der Waals surface area (Å²) in [5, 5.41) is 0. The van der Waals surface area contributed by atoms with Gasteiger partial charge in [0, 0.05) is 0 Å². The van der Waals surface area contributed by atoms with Crippen LogP contribution in [-0.4, -0.2) is 25.0 Å². The van der Waals surface area contributed by atoms with Crippen molar-refractivity contribution < 1.29 is 0 Å². The fourth-order valence-electron chi connectivity index (χ4n) is 2.46. The average Bonchev–Trinajstić information content (AvgIpc) is 1.92. The van der Waals surface area contributed by atoms with Gasteiger partial charge in [-0.15, -0.1) is 0 Å². The molecule has 1 saturated heterocycles. The molecule has 2 aliphatic rings. The van der Waals surface area contributed by atoms with Crippen LogP contribution in [0.25, 0.3) is 0 Å². The smallest absolute Gasteiger partial charge is 0.00163 e. The fourth-order valence-corrected chi connectivity index (χ4v) is 2.46. The molecule has 0 bridgehead atoms. The van der Waals surface area contributed by atoms with Gasteiger partial charge in [-0.2, -0.15) is 0 Å². The first kappa shape index (κ1) is 7.35.